The number of carbonyl (C=O) groups is 2. The van der Waals surface area contributed by atoms with Crippen molar-refractivity contribution in [3.05, 3.63) is 59.2 Å². The van der Waals surface area contributed by atoms with E-state index in [4.69, 9.17) is 4.74 Å². The van der Waals surface area contributed by atoms with E-state index in [1.54, 1.807) is 29.2 Å². The normalized spacial score (nSPS) is 10.3. The molecule has 4 nitrogen and oxygen atoms in total. The third-order valence-corrected chi connectivity index (χ3v) is 3.88. The van der Waals surface area contributed by atoms with Gasteiger partial charge in [-0.3, -0.25) is 9.59 Å². The predicted octanol–water partition coefficient (Wildman–Crippen LogP) is 3.94. The summed E-state index contributed by atoms with van der Waals surface area (Å²) >= 11 is 0. The maximum Gasteiger partial charge on any atom is 0.264 e. The van der Waals surface area contributed by atoms with Crippen LogP contribution in [0.1, 0.15) is 35.3 Å². The van der Waals surface area contributed by atoms with Crippen LogP contribution in [0.4, 0.5) is 5.69 Å². The van der Waals surface area contributed by atoms with Crippen LogP contribution in [0.2, 0.25) is 0 Å². The smallest absolute Gasteiger partial charge is 0.264 e. The second kappa shape index (κ2) is 7.77. The number of ether oxygens (including phenoxy) is 1. The first-order valence-electron chi connectivity index (χ1n) is 8.03. The van der Waals surface area contributed by atoms with Gasteiger partial charge >= 0.3 is 0 Å². The minimum absolute atomic E-state index is 0.0302. The first kappa shape index (κ1) is 17.7. The Labute approximate surface area is 143 Å². The van der Waals surface area contributed by atoms with Crippen molar-refractivity contribution in [2.45, 2.75) is 27.7 Å². The number of ketones is 1. The van der Waals surface area contributed by atoms with E-state index in [0.717, 1.165) is 16.8 Å². The Balaban J connectivity index is 2.11. The highest BCUT2D eigenvalue weighted by Gasteiger charge is 2.17. The van der Waals surface area contributed by atoms with E-state index in [1.165, 1.54) is 6.92 Å². The number of benzene rings is 2. The molecule has 2 aromatic rings. The largest absolute Gasteiger partial charge is 0.484 e. The van der Waals surface area contributed by atoms with Gasteiger partial charge in [-0.2, -0.15) is 0 Å². The highest BCUT2D eigenvalue weighted by molar-refractivity contribution is 5.95. The monoisotopic (exact) mass is 325 g/mol. The van der Waals surface area contributed by atoms with Crippen LogP contribution >= 0.6 is 0 Å². The SMILES string of the molecule is CCN(C(=O)COc1cccc(C(C)=O)c1)c1cc(C)ccc1C. The molecule has 0 saturated carbocycles. The van der Waals surface area contributed by atoms with Crippen molar-refractivity contribution in [3.8, 4) is 5.75 Å². The lowest BCUT2D eigenvalue weighted by molar-refractivity contribution is -0.120. The number of likely N-dealkylation sites (N-methyl/N-ethyl adjacent to an activating group) is 1. The fraction of sp³-hybridized carbons (Fsp3) is 0.300. The van der Waals surface area contributed by atoms with E-state index in [-0.39, 0.29) is 18.3 Å². The minimum Gasteiger partial charge on any atom is -0.484 e. The lowest BCUT2D eigenvalue weighted by Gasteiger charge is -2.23. The van der Waals surface area contributed by atoms with Gasteiger partial charge in [0.15, 0.2) is 12.4 Å². The van der Waals surface area contributed by atoms with Crippen LogP contribution in [0.25, 0.3) is 0 Å². The zero-order valence-electron chi connectivity index (χ0n) is 14.6. The highest BCUT2D eigenvalue weighted by Crippen LogP contribution is 2.22. The maximum atomic E-state index is 12.6. The van der Waals surface area contributed by atoms with Crippen molar-refractivity contribution >= 4 is 17.4 Å². The summed E-state index contributed by atoms with van der Waals surface area (Å²) in [5, 5.41) is 0. The lowest BCUT2D eigenvalue weighted by Crippen LogP contribution is -2.35. The van der Waals surface area contributed by atoms with Crippen LogP contribution in [0.3, 0.4) is 0 Å². The summed E-state index contributed by atoms with van der Waals surface area (Å²) in [6, 6.07) is 12.9. The molecule has 0 N–H and O–H groups in total. The average molecular weight is 325 g/mol. The Morgan fingerprint density at radius 1 is 1.08 bits per heavy atom. The maximum absolute atomic E-state index is 12.6. The third-order valence-electron chi connectivity index (χ3n) is 3.88. The number of hydrogen-bond donors (Lipinski definition) is 0. The number of rotatable bonds is 6. The van der Waals surface area contributed by atoms with Gasteiger partial charge < -0.3 is 9.64 Å². The molecule has 0 aliphatic heterocycles. The molecule has 1 amide bonds. The van der Waals surface area contributed by atoms with Crippen LogP contribution < -0.4 is 9.64 Å². The molecule has 4 heteroatoms. The Kier molecular flexibility index (Phi) is 5.74. The van der Waals surface area contributed by atoms with Gasteiger partial charge in [-0.15, -0.1) is 0 Å². The van der Waals surface area contributed by atoms with Crippen LogP contribution in [0, 0.1) is 13.8 Å². The number of Topliss-reactive ketones (excluding diaryl/α,β-unsaturated/α-hetero) is 1. The van der Waals surface area contributed by atoms with E-state index in [0.29, 0.717) is 17.9 Å². The Morgan fingerprint density at radius 3 is 2.50 bits per heavy atom. The molecule has 126 valence electrons. The molecule has 0 radical (unpaired) electrons. The molecule has 0 spiro atoms. The van der Waals surface area contributed by atoms with Gasteiger partial charge in [0.25, 0.3) is 5.91 Å². The number of aryl methyl sites for hydroxylation is 2. The minimum atomic E-state index is -0.112. The molecular weight excluding hydrogens is 302 g/mol. The van der Waals surface area contributed by atoms with Crippen molar-refractivity contribution in [1.82, 2.24) is 0 Å². The molecule has 2 aromatic carbocycles. The summed E-state index contributed by atoms with van der Waals surface area (Å²) < 4.78 is 5.59. The van der Waals surface area contributed by atoms with Gasteiger partial charge in [-0.1, -0.05) is 24.3 Å². The fourth-order valence-corrected chi connectivity index (χ4v) is 2.52. The number of anilines is 1. The van der Waals surface area contributed by atoms with Crippen molar-refractivity contribution in [3.63, 3.8) is 0 Å². The first-order valence-corrected chi connectivity index (χ1v) is 8.03. The van der Waals surface area contributed by atoms with Crippen molar-refractivity contribution < 1.29 is 14.3 Å². The average Bonchev–Trinajstić information content (AvgIpc) is 2.57. The van der Waals surface area contributed by atoms with Crippen LogP contribution in [-0.2, 0) is 4.79 Å². The molecule has 0 fully saturated rings. The fourth-order valence-electron chi connectivity index (χ4n) is 2.52. The Bertz CT molecular complexity index is 752. The molecule has 24 heavy (non-hydrogen) atoms. The lowest BCUT2D eigenvalue weighted by atomic mass is 10.1. The number of nitrogens with zero attached hydrogens (tertiary/aromatic N) is 1. The Hall–Kier alpha value is -2.62. The molecule has 0 unspecified atom stereocenters. The third kappa shape index (κ3) is 4.22. The van der Waals surface area contributed by atoms with Gasteiger partial charge in [0, 0.05) is 17.8 Å². The zero-order chi connectivity index (χ0) is 17.7. The second-order valence-electron chi connectivity index (χ2n) is 5.80. The van der Waals surface area contributed by atoms with Crippen LogP contribution in [-0.4, -0.2) is 24.8 Å². The van der Waals surface area contributed by atoms with Gasteiger partial charge in [0.1, 0.15) is 5.75 Å². The van der Waals surface area contributed by atoms with Crippen LogP contribution in [0.5, 0.6) is 5.75 Å². The Morgan fingerprint density at radius 2 is 1.83 bits per heavy atom. The summed E-state index contributed by atoms with van der Waals surface area (Å²) in [7, 11) is 0. The van der Waals surface area contributed by atoms with E-state index < -0.39 is 0 Å². The number of amides is 1. The highest BCUT2D eigenvalue weighted by atomic mass is 16.5. The molecule has 0 atom stereocenters. The molecule has 0 heterocycles. The zero-order valence-corrected chi connectivity index (χ0v) is 14.6. The van der Waals surface area contributed by atoms with E-state index in [2.05, 4.69) is 0 Å². The number of carbonyl (C=O) groups excluding carboxylic acids is 2. The topological polar surface area (TPSA) is 46.6 Å². The quantitative estimate of drug-likeness (QED) is 0.756. The molecule has 0 aromatic heterocycles. The molecular formula is C20H23NO3. The molecule has 0 aliphatic rings. The van der Waals surface area contributed by atoms with E-state index in [9.17, 15) is 9.59 Å². The predicted molar refractivity (Wildman–Crippen MR) is 95.9 cm³/mol. The standard InChI is InChI=1S/C20H23NO3/c1-5-21(19-11-14(2)9-10-15(19)3)20(23)13-24-18-8-6-7-17(12-18)16(4)22/h6-12H,5,13H2,1-4H3. The summed E-state index contributed by atoms with van der Waals surface area (Å²) in [6.45, 7) is 7.94. The van der Waals surface area contributed by atoms with Gasteiger partial charge in [-0.25, -0.2) is 0 Å². The molecule has 2 rings (SSSR count). The first-order chi connectivity index (χ1) is 11.4. The van der Waals surface area contributed by atoms with Gasteiger partial charge in [0.2, 0.25) is 0 Å². The molecule has 0 aliphatic carbocycles. The summed E-state index contributed by atoms with van der Waals surface area (Å²) in [6.07, 6.45) is 0. The van der Waals surface area contributed by atoms with Gasteiger partial charge in [-0.05, 0) is 57.0 Å². The van der Waals surface area contributed by atoms with Crippen LogP contribution in [0.15, 0.2) is 42.5 Å². The van der Waals surface area contributed by atoms with Crippen molar-refractivity contribution in [1.29, 1.82) is 0 Å². The van der Waals surface area contributed by atoms with E-state index >= 15 is 0 Å². The van der Waals surface area contributed by atoms with E-state index in [1.807, 2.05) is 39.0 Å². The molecule has 0 saturated heterocycles. The summed E-state index contributed by atoms with van der Waals surface area (Å²) in [4.78, 5) is 25.7. The summed E-state index contributed by atoms with van der Waals surface area (Å²) in [5.74, 6) is 0.379. The second-order valence-corrected chi connectivity index (χ2v) is 5.80. The number of hydrogen-bond acceptors (Lipinski definition) is 3. The molecule has 0 bridgehead atoms. The van der Waals surface area contributed by atoms with Gasteiger partial charge in [0.05, 0.1) is 0 Å². The van der Waals surface area contributed by atoms with Crippen molar-refractivity contribution in [2.24, 2.45) is 0 Å². The van der Waals surface area contributed by atoms with Crippen molar-refractivity contribution in [2.75, 3.05) is 18.1 Å². The summed E-state index contributed by atoms with van der Waals surface area (Å²) in [5.41, 5.74) is 3.64.